The van der Waals surface area contributed by atoms with Gasteiger partial charge in [-0.1, -0.05) is 0 Å². The summed E-state index contributed by atoms with van der Waals surface area (Å²) < 4.78 is 16.2. The van der Waals surface area contributed by atoms with Gasteiger partial charge in [-0.3, -0.25) is 5.10 Å². The number of hydrogen-bond donors (Lipinski definition) is 2. The van der Waals surface area contributed by atoms with E-state index in [2.05, 4.69) is 15.5 Å². The molecule has 6 nitrogen and oxygen atoms in total. The van der Waals surface area contributed by atoms with Gasteiger partial charge in [0.05, 0.1) is 44.9 Å². The van der Waals surface area contributed by atoms with Gasteiger partial charge < -0.3 is 19.5 Å². The number of benzene rings is 1. The highest BCUT2D eigenvalue weighted by Crippen LogP contribution is 2.23. The van der Waals surface area contributed by atoms with Gasteiger partial charge in [0.15, 0.2) is 0 Å². The smallest absolute Gasteiger partial charge is 0.118 e. The molecule has 3 rings (SSSR count). The molecule has 2 aromatic rings. The Kier molecular flexibility index (Phi) is 5.05. The number of rotatable bonds is 6. The van der Waals surface area contributed by atoms with Gasteiger partial charge >= 0.3 is 0 Å². The number of nitrogens with one attached hydrogen (secondary N) is 2. The summed E-state index contributed by atoms with van der Waals surface area (Å²) in [6.07, 6.45) is 1.98. The van der Waals surface area contributed by atoms with E-state index in [1.54, 1.807) is 7.11 Å². The molecule has 1 aliphatic heterocycles. The quantitative estimate of drug-likeness (QED) is 0.848. The molecular formula is C16H21N3O3. The van der Waals surface area contributed by atoms with Crippen LogP contribution in [0.4, 0.5) is 0 Å². The normalized spacial score (nSPS) is 18.3. The molecule has 1 fully saturated rings. The maximum Gasteiger partial charge on any atom is 0.118 e. The van der Waals surface area contributed by atoms with Gasteiger partial charge in [-0.25, -0.2) is 0 Å². The Balaban J connectivity index is 1.59. The van der Waals surface area contributed by atoms with Crippen LogP contribution in [0, 0.1) is 0 Å². The highest BCUT2D eigenvalue weighted by atomic mass is 16.6. The predicted octanol–water partition coefficient (Wildman–Crippen LogP) is 1.59. The minimum absolute atomic E-state index is 0.130. The number of H-pyrrole nitrogens is 1. The molecular weight excluding hydrogens is 282 g/mol. The summed E-state index contributed by atoms with van der Waals surface area (Å²) in [5.41, 5.74) is 3.24. The number of methoxy groups -OCH3 is 1. The topological polar surface area (TPSA) is 68.4 Å². The Morgan fingerprint density at radius 3 is 2.91 bits per heavy atom. The van der Waals surface area contributed by atoms with Crippen molar-refractivity contribution >= 4 is 0 Å². The maximum absolute atomic E-state index is 5.61. The maximum atomic E-state index is 5.61. The van der Waals surface area contributed by atoms with Crippen LogP contribution in [0.2, 0.25) is 0 Å². The molecule has 0 aliphatic carbocycles. The van der Waals surface area contributed by atoms with Crippen molar-refractivity contribution in [1.29, 1.82) is 0 Å². The molecule has 1 atom stereocenters. The molecule has 0 spiro atoms. The van der Waals surface area contributed by atoms with Crippen LogP contribution in [0.5, 0.6) is 5.75 Å². The van der Waals surface area contributed by atoms with Gasteiger partial charge in [-0.05, 0) is 24.3 Å². The van der Waals surface area contributed by atoms with Crippen LogP contribution in [-0.4, -0.2) is 49.8 Å². The number of hydrogen-bond acceptors (Lipinski definition) is 5. The molecule has 1 saturated heterocycles. The molecule has 0 saturated carbocycles. The first-order chi connectivity index (χ1) is 10.9. The summed E-state index contributed by atoms with van der Waals surface area (Å²) in [4.78, 5) is 0. The van der Waals surface area contributed by atoms with Crippen molar-refractivity contribution in [3.05, 3.63) is 36.0 Å². The van der Waals surface area contributed by atoms with E-state index in [-0.39, 0.29) is 6.10 Å². The molecule has 2 heterocycles. The molecule has 0 unspecified atom stereocenters. The number of nitrogens with zero attached hydrogens (tertiary/aromatic N) is 1. The summed E-state index contributed by atoms with van der Waals surface area (Å²) in [5.74, 6) is 0.845. The second-order valence-electron chi connectivity index (χ2n) is 5.20. The monoisotopic (exact) mass is 303 g/mol. The van der Waals surface area contributed by atoms with Crippen LogP contribution >= 0.6 is 0 Å². The van der Waals surface area contributed by atoms with Crippen molar-refractivity contribution in [3.63, 3.8) is 0 Å². The van der Waals surface area contributed by atoms with Gasteiger partial charge in [0.2, 0.25) is 0 Å². The fourth-order valence-electron chi connectivity index (χ4n) is 2.48. The first-order valence-corrected chi connectivity index (χ1v) is 7.43. The molecule has 1 aromatic carbocycles. The van der Waals surface area contributed by atoms with Crippen molar-refractivity contribution in [2.45, 2.75) is 12.6 Å². The van der Waals surface area contributed by atoms with Crippen molar-refractivity contribution in [3.8, 4) is 17.0 Å². The van der Waals surface area contributed by atoms with E-state index >= 15 is 0 Å². The van der Waals surface area contributed by atoms with Crippen LogP contribution in [-0.2, 0) is 16.0 Å². The molecule has 118 valence electrons. The van der Waals surface area contributed by atoms with Crippen LogP contribution < -0.4 is 10.1 Å². The molecule has 0 bridgehead atoms. The summed E-state index contributed by atoms with van der Waals surface area (Å²) in [7, 11) is 1.66. The van der Waals surface area contributed by atoms with Crippen LogP contribution in [0.3, 0.4) is 0 Å². The lowest BCUT2D eigenvalue weighted by Gasteiger charge is -2.23. The largest absolute Gasteiger partial charge is 0.497 e. The van der Waals surface area contributed by atoms with Gasteiger partial charge in [0.1, 0.15) is 5.75 Å². The zero-order chi connectivity index (χ0) is 15.2. The van der Waals surface area contributed by atoms with Crippen molar-refractivity contribution in [1.82, 2.24) is 15.5 Å². The van der Waals surface area contributed by atoms with Gasteiger partial charge in [0, 0.05) is 24.2 Å². The van der Waals surface area contributed by atoms with Crippen molar-refractivity contribution < 1.29 is 14.2 Å². The van der Waals surface area contributed by atoms with Crippen molar-refractivity contribution in [2.24, 2.45) is 0 Å². The van der Waals surface area contributed by atoms with E-state index in [9.17, 15) is 0 Å². The lowest BCUT2D eigenvalue weighted by atomic mass is 10.1. The lowest BCUT2D eigenvalue weighted by Crippen LogP contribution is -2.37. The minimum Gasteiger partial charge on any atom is -0.497 e. The second-order valence-corrected chi connectivity index (χ2v) is 5.20. The fourth-order valence-corrected chi connectivity index (χ4v) is 2.48. The molecule has 6 heteroatoms. The Bertz CT molecular complexity index is 577. The summed E-state index contributed by atoms with van der Waals surface area (Å²) in [6.45, 7) is 3.53. The van der Waals surface area contributed by atoms with Gasteiger partial charge in [-0.2, -0.15) is 5.10 Å². The van der Waals surface area contributed by atoms with Gasteiger partial charge in [-0.15, -0.1) is 0 Å². The number of ether oxygens (including phenoxy) is 3. The summed E-state index contributed by atoms with van der Waals surface area (Å²) in [6, 6.07) is 7.93. The highest BCUT2D eigenvalue weighted by molar-refractivity contribution is 5.63. The van der Waals surface area contributed by atoms with Crippen LogP contribution in [0.1, 0.15) is 5.56 Å². The molecule has 1 aromatic heterocycles. The van der Waals surface area contributed by atoms with E-state index in [4.69, 9.17) is 14.2 Å². The third-order valence-corrected chi connectivity index (χ3v) is 3.67. The van der Waals surface area contributed by atoms with E-state index in [1.807, 2.05) is 30.5 Å². The predicted molar refractivity (Wildman–Crippen MR) is 82.8 cm³/mol. The standard InChI is InChI=1S/C16H21N3O3/c1-20-14-4-2-12(3-5-14)16-13(9-18-19-16)8-17-10-15-11-21-6-7-22-15/h2-5,9,15,17H,6-8,10-11H2,1H3,(H,18,19)/t15-/m0/s1. The Morgan fingerprint density at radius 2 is 2.18 bits per heavy atom. The van der Waals surface area contributed by atoms with E-state index in [0.29, 0.717) is 19.8 Å². The first kappa shape index (κ1) is 15.0. The van der Waals surface area contributed by atoms with Crippen LogP contribution in [0.25, 0.3) is 11.3 Å². The second kappa shape index (κ2) is 7.40. The molecule has 1 aliphatic rings. The lowest BCUT2D eigenvalue weighted by molar-refractivity contribution is -0.0864. The first-order valence-electron chi connectivity index (χ1n) is 7.43. The van der Waals surface area contributed by atoms with E-state index in [1.165, 1.54) is 0 Å². The Hall–Kier alpha value is -1.89. The zero-order valence-corrected chi connectivity index (χ0v) is 12.7. The minimum atomic E-state index is 0.130. The molecule has 2 N–H and O–H groups in total. The van der Waals surface area contributed by atoms with E-state index < -0.39 is 0 Å². The van der Waals surface area contributed by atoms with Gasteiger partial charge in [0.25, 0.3) is 0 Å². The van der Waals surface area contributed by atoms with Crippen LogP contribution in [0.15, 0.2) is 30.5 Å². The average Bonchev–Trinajstić information content (AvgIpc) is 3.04. The third-order valence-electron chi connectivity index (χ3n) is 3.67. The Labute approximate surface area is 129 Å². The molecule has 0 amide bonds. The Morgan fingerprint density at radius 1 is 1.32 bits per heavy atom. The third kappa shape index (κ3) is 3.65. The molecule has 0 radical (unpaired) electrons. The average molecular weight is 303 g/mol. The molecule has 22 heavy (non-hydrogen) atoms. The summed E-state index contributed by atoms with van der Waals surface area (Å²) in [5, 5.41) is 10.6. The number of aromatic nitrogens is 2. The fraction of sp³-hybridized carbons (Fsp3) is 0.438. The summed E-state index contributed by atoms with van der Waals surface area (Å²) >= 11 is 0. The van der Waals surface area contributed by atoms with E-state index in [0.717, 1.165) is 35.7 Å². The SMILES string of the molecule is COc1ccc(-c2[nH]ncc2CNC[C@H]2COCCO2)cc1. The van der Waals surface area contributed by atoms with Crippen molar-refractivity contribution in [2.75, 3.05) is 33.5 Å². The number of aromatic amines is 1. The highest BCUT2D eigenvalue weighted by Gasteiger charge is 2.14. The zero-order valence-electron chi connectivity index (χ0n) is 12.7.